The van der Waals surface area contributed by atoms with Crippen LogP contribution < -0.4 is 10.1 Å². The van der Waals surface area contributed by atoms with Gasteiger partial charge in [0.15, 0.2) is 23.3 Å². The van der Waals surface area contributed by atoms with E-state index < -0.39 is 34.7 Å². The molecule has 0 saturated heterocycles. The molecule has 122 valence electrons. The summed E-state index contributed by atoms with van der Waals surface area (Å²) < 4.78 is 58.3. The Hall–Kier alpha value is -2.57. The van der Waals surface area contributed by atoms with E-state index in [-0.39, 0.29) is 5.69 Å². The number of ether oxygens (including phenoxy) is 1. The van der Waals surface area contributed by atoms with E-state index in [0.29, 0.717) is 18.4 Å². The van der Waals surface area contributed by atoms with Crippen LogP contribution in [0.25, 0.3) is 0 Å². The topological polar surface area (TPSA) is 38.3 Å². The van der Waals surface area contributed by atoms with Crippen LogP contribution >= 0.6 is 0 Å². The number of carbonyl (C=O) groups excluding carboxylic acids is 1. The van der Waals surface area contributed by atoms with Crippen molar-refractivity contribution in [1.29, 1.82) is 0 Å². The maximum absolute atomic E-state index is 13.6. The molecule has 2 aromatic rings. The highest BCUT2D eigenvalue weighted by atomic mass is 19.2. The number of amides is 1. The minimum Gasteiger partial charge on any atom is -0.491 e. The highest BCUT2D eigenvalue weighted by molar-refractivity contribution is 6.05. The van der Waals surface area contributed by atoms with Crippen molar-refractivity contribution in [1.82, 2.24) is 0 Å². The smallest absolute Gasteiger partial charge is 0.258 e. The Morgan fingerprint density at radius 1 is 1.09 bits per heavy atom. The summed E-state index contributed by atoms with van der Waals surface area (Å²) in [4.78, 5) is 12.0. The molecule has 1 N–H and O–H groups in total. The summed E-state index contributed by atoms with van der Waals surface area (Å²) in [6.07, 6.45) is 0.727. The molecule has 23 heavy (non-hydrogen) atoms. The normalized spacial score (nSPS) is 10.5. The lowest BCUT2D eigenvalue weighted by Gasteiger charge is -2.12. The maximum Gasteiger partial charge on any atom is 0.258 e. The number of hydrogen-bond acceptors (Lipinski definition) is 2. The predicted molar refractivity (Wildman–Crippen MR) is 76.5 cm³/mol. The summed E-state index contributed by atoms with van der Waals surface area (Å²) >= 11 is 0. The van der Waals surface area contributed by atoms with Gasteiger partial charge in [0.25, 0.3) is 5.91 Å². The second-order valence-corrected chi connectivity index (χ2v) is 4.65. The number of carbonyl (C=O) groups is 1. The molecule has 1 amide bonds. The van der Waals surface area contributed by atoms with Gasteiger partial charge in [-0.3, -0.25) is 4.79 Å². The van der Waals surface area contributed by atoms with E-state index in [1.165, 1.54) is 6.07 Å². The van der Waals surface area contributed by atoms with Gasteiger partial charge in [0.05, 0.1) is 17.9 Å². The van der Waals surface area contributed by atoms with Crippen LogP contribution in [0.5, 0.6) is 5.75 Å². The van der Waals surface area contributed by atoms with Gasteiger partial charge in [0.2, 0.25) is 0 Å². The average Bonchev–Trinajstić information content (AvgIpc) is 2.55. The van der Waals surface area contributed by atoms with Gasteiger partial charge in [-0.1, -0.05) is 19.1 Å². The van der Waals surface area contributed by atoms with E-state index in [0.717, 1.165) is 6.42 Å². The molecule has 0 heterocycles. The van der Waals surface area contributed by atoms with Gasteiger partial charge in [-0.2, -0.15) is 0 Å². The summed E-state index contributed by atoms with van der Waals surface area (Å²) in [6, 6.07) is 6.62. The van der Waals surface area contributed by atoms with Gasteiger partial charge in [0, 0.05) is 0 Å². The summed E-state index contributed by atoms with van der Waals surface area (Å²) in [6.45, 7) is 2.28. The van der Waals surface area contributed by atoms with E-state index in [2.05, 4.69) is 5.32 Å². The van der Waals surface area contributed by atoms with E-state index in [1.54, 1.807) is 18.2 Å². The monoisotopic (exact) mass is 327 g/mol. The van der Waals surface area contributed by atoms with Crippen LogP contribution in [0.4, 0.5) is 23.2 Å². The second kappa shape index (κ2) is 7.13. The quantitative estimate of drug-likeness (QED) is 0.505. The van der Waals surface area contributed by atoms with E-state index in [4.69, 9.17) is 4.74 Å². The molecule has 7 heteroatoms. The molecule has 0 aromatic heterocycles. The molecule has 0 unspecified atom stereocenters. The van der Waals surface area contributed by atoms with Crippen molar-refractivity contribution in [2.75, 3.05) is 11.9 Å². The number of halogens is 4. The third-order valence-corrected chi connectivity index (χ3v) is 2.94. The van der Waals surface area contributed by atoms with Crippen LogP contribution in [0.1, 0.15) is 23.7 Å². The molecular formula is C16H13F4NO2. The number of benzene rings is 2. The van der Waals surface area contributed by atoms with E-state index >= 15 is 0 Å². The Morgan fingerprint density at radius 2 is 1.78 bits per heavy atom. The van der Waals surface area contributed by atoms with Crippen LogP contribution in [0.3, 0.4) is 0 Å². The summed E-state index contributed by atoms with van der Waals surface area (Å²) in [5, 5.41) is 2.29. The second-order valence-electron chi connectivity index (χ2n) is 4.65. The number of nitrogens with one attached hydrogen (secondary N) is 1. The molecular weight excluding hydrogens is 314 g/mol. The minimum atomic E-state index is -2.04. The Labute approximate surface area is 129 Å². The van der Waals surface area contributed by atoms with Crippen LogP contribution in [-0.4, -0.2) is 12.5 Å². The lowest BCUT2D eigenvalue weighted by atomic mass is 10.1. The Morgan fingerprint density at radius 3 is 2.48 bits per heavy atom. The molecule has 0 fully saturated rings. The van der Waals surface area contributed by atoms with Crippen molar-refractivity contribution in [3.63, 3.8) is 0 Å². The van der Waals surface area contributed by atoms with Crippen LogP contribution in [0.2, 0.25) is 0 Å². The van der Waals surface area contributed by atoms with Crippen molar-refractivity contribution in [2.45, 2.75) is 13.3 Å². The molecule has 0 radical (unpaired) electrons. The number of hydrogen-bond donors (Lipinski definition) is 1. The standard InChI is InChI=1S/C16H13F4NO2/c1-2-7-23-12-6-4-3-5-11(12)21-16(22)9-8-10(17)14(19)15(20)13(9)18/h3-6,8H,2,7H2,1H3,(H,21,22). The Kier molecular flexibility index (Phi) is 5.20. The van der Waals surface area contributed by atoms with Crippen LogP contribution in [-0.2, 0) is 0 Å². The number of anilines is 1. The van der Waals surface area contributed by atoms with Crippen molar-refractivity contribution < 1.29 is 27.1 Å². The Bertz CT molecular complexity index is 734. The summed E-state index contributed by atoms with van der Waals surface area (Å²) in [7, 11) is 0. The average molecular weight is 327 g/mol. The van der Waals surface area contributed by atoms with E-state index in [9.17, 15) is 22.4 Å². The lowest BCUT2D eigenvalue weighted by Crippen LogP contribution is -2.17. The SMILES string of the molecule is CCCOc1ccccc1NC(=O)c1cc(F)c(F)c(F)c1F. The van der Waals surface area contributed by atoms with Crippen molar-refractivity contribution >= 4 is 11.6 Å². The van der Waals surface area contributed by atoms with Crippen molar-refractivity contribution in [3.8, 4) is 5.75 Å². The maximum atomic E-state index is 13.6. The third kappa shape index (κ3) is 3.61. The molecule has 0 atom stereocenters. The first-order valence-electron chi connectivity index (χ1n) is 6.81. The number of rotatable bonds is 5. The van der Waals surface area contributed by atoms with Gasteiger partial charge in [-0.15, -0.1) is 0 Å². The summed E-state index contributed by atoms with van der Waals surface area (Å²) in [5.41, 5.74) is -0.734. The van der Waals surface area contributed by atoms with Gasteiger partial charge in [-0.05, 0) is 24.6 Å². The van der Waals surface area contributed by atoms with Gasteiger partial charge < -0.3 is 10.1 Å². The molecule has 2 rings (SSSR count). The zero-order valence-corrected chi connectivity index (χ0v) is 12.1. The van der Waals surface area contributed by atoms with Crippen molar-refractivity contribution in [3.05, 3.63) is 59.2 Å². The first-order valence-corrected chi connectivity index (χ1v) is 6.81. The number of para-hydroxylation sites is 2. The lowest BCUT2D eigenvalue weighted by molar-refractivity contribution is 0.102. The van der Waals surface area contributed by atoms with Gasteiger partial charge in [-0.25, -0.2) is 17.6 Å². The van der Waals surface area contributed by atoms with Crippen LogP contribution in [0.15, 0.2) is 30.3 Å². The molecule has 0 spiro atoms. The van der Waals surface area contributed by atoms with Crippen LogP contribution in [0, 0.1) is 23.3 Å². The summed E-state index contributed by atoms with van der Waals surface area (Å²) in [5.74, 6) is -8.20. The highest BCUT2D eigenvalue weighted by Gasteiger charge is 2.23. The van der Waals surface area contributed by atoms with Crippen molar-refractivity contribution in [2.24, 2.45) is 0 Å². The van der Waals surface area contributed by atoms with Gasteiger partial charge >= 0.3 is 0 Å². The van der Waals surface area contributed by atoms with E-state index in [1.807, 2.05) is 6.92 Å². The highest BCUT2D eigenvalue weighted by Crippen LogP contribution is 2.26. The zero-order valence-electron chi connectivity index (χ0n) is 12.1. The molecule has 0 aliphatic heterocycles. The zero-order chi connectivity index (χ0) is 17.0. The van der Waals surface area contributed by atoms with Gasteiger partial charge in [0.1, 0.15) is 5.75 Å². The largest absolute Gasteiger partial charge is 0.491 e. The fraction of sp³-hybridized carbons (Fsp3) is 0.188. The molecule has 0 saturated carbocycles. The fourth-order valence-electron chi connectivity index (χ4n) is 1.84. The molecule has 0 aliphatic rings. The first kappa shape index (κ1) is 16.8. The fourth-order valence-corrected chi connectivity index (χ4v) is 1.84. The Balaban J connectivity index is 2.30. The minimum absolute atomic E-state index is 0.204. The molecule has 2 aromatic carbocycles. The predicted octanol–water partition coefficient (Wildman–Crippen LogP) is 4.28. The molecule has 0 bridgehead atoms. The first-order chi connectivity index (χ1) is 11.0. The molecule has 3 nitrogen and oxygen atoms in total. The third-order valence-electron chi connectivity index (χ3n) is 2.94. The molecule has 0 aliphatic carbocycles.